The average Bonchev–Trinajstić information content (AvgIpc) is 3.27. The lowest BCUT2D eigenvalue weighted by atomic mass is 10.3. The van der Waals surface area contributed by atoms with Crippen molar-refractivity contribution in [2.45, 2.75) is 25.3 Å². The van der Waals surface area contributed by atoms with Gasteiger partial charge in [-0.3, -0.25) is 10.4 Å². The Balaban J connectivity index is 0.000000409. The minimum absolute atomic E-state index is 0.0415. The van der Waals surface area contributed by atoms with Gasteiger partial charge < -0.3 is 15.1 Å². The number of hydrogen-bond donors (Lipinski definition) is 3. The summed E-state index contributed by atoms with van der Waals surface area (Å²) >= 11 is 14.0. The molecule has 2 heterocycles. The normalized spacial score (nSPS) is 18.9. The van der Waals surface area contributed by atoms with E-state index in [-0.39, 0.29) is 5.50 Å². The molecule has 154 valence electrons. The van der Waals surface area contributed by atoms with Crippen LogP contribution in [0.25, 0.3) is 0 Å². The topological polar surface area (TPSA) is 105 Å². The van der Waals surface area contributed by atoms with E-state index in [2.05, 4.69) is 15.3 Å². The summed E-state index contributed by atoms with van der Waals surface area (Å²) in [6.45, 7) is 5.58. The van der Waals surface area contributed by atoms with Crippen molar-refractivity contribution < 1.29 is 19.8 Å². The molecule has 1 unspecified atom stereocenters. The van der Waals surface area contributed by atoms with Crippen LogP contribution in [0.2, 0.25) is 10.0 Å². The number of carboxylic acids is 2. The van der Waals surface area contributed by atoms with E-state index < -0.39 is 11.9 Å². The molecule has 0 saturated carbocycles. The van der Waals surface area contributed by atoms with Gasteiger partial charge in [-0.2, -0.15) is 0 Å². The molecule has 1 atom stereocenters. The van der Waals surface area contributed by atoms with E-state index in [0.717, 1.165) is 23.8 Å². The Kier molecular flexibility index (Phi) is 8.68. The summed E-state index contributed by atoms with van der Waals surface area (Å²) in [7, 11) is 0. The second-order valence-corrected chi connectivity index (χ2v) is 8.13. The quantitative estimate of drug-likeness (QED) is 0.590. The molecule has 28 heavy (non-hydrogen) atoms. The Hall–Kier alpha value is -1.68. The molecular formula is C17H22Cl2N4O4S. The maximum atomic E-state index is 9.10. The molecule has 8 nitrogen and oxygen atoms in total. The molecule has 3 N–H and O–H groups in total. The number of hydrazine groups is 1. The summed E-state index contributed by atoms with van der Waals surface area (Å²) < 4.78 is 0. The number of likely N-dealkylation sites (tertiary alicyclic amines) is 1. The van der Waals surface area contributed by atoms with Crippen LogP contribution in [0.1, 0.15) is 19.8 Å². The third-order valence-corrected chi connectivity index (χ3v) is 5.82. The number of nitrogens with one attached hydrogen (secondary N) is 1. The Morgan fingerprint density at radius 2 is 1.86 bits per heavy atom. The van der Waals surface area contributed by atoms with Crippen molar-refractivity contribution in [3.05, 3.63) is 28.2 Å². The first-order chi connectivity index (χ1) is 13.3. The minimum atomic E-state index is -1.82. The van der Waals surface area contributed by atoms with Crippen LogP contribution in [-0.2, 0) is 9.59 Å². The molecule has 1 aromatic rings. The van der Waals surface area contributed by atoms with Crippen molar-refractivity contribution in [1.82, 2.24) is 10.3 Å². The first-order valence-electron chi connectivity index (χ1n) is 8.63. The third kappa shape index (κ3) is 6.73. The number of benzene rings is 1. The van der Waals surface area contributed by atoms with E-state index in [1.54, 1.807) is 0 Å². The van der Waals surface area contributed by atoms with Crippen molar-refractivity contribution >= 4 is 58.4 Å². The van der Waals surface area contributed by atoms with Gasteiger partial charge >= 0.3 is 11.9 Å². The largest absolute Gasteiger partial charge is 0.473 e. The van der Waals surface area contributed by atoms with Gasteiger partial charge in [-0.15, -0.1) is 11.8 Å². The number of carboxylic acid groups (broad SMARTS) is 2. The van der Waals surface area contributed by atoms with Gasteiger partial charge in [0.2, 0.25) is 0 Å². The Morgan fingerprint density at radius 1 is 1.21 bits per heavy atom. The fraction of sp³-hybridized carbons (Fsp3) is 0.471. The van der Waals surface area contributed by atoms with Crippen LogP contribution in [0.3, 0.4) is 0 Å². The molecule has 2 aliphatic heterocycles. The molecule has 0 aliphatic carbocycles. The highest BCUT2D eigenvalue weighted by atomic mass is 35.5. The Labute approximate surface area is 177 Å². The van der Waals surface area contributed by atoms with Gasteiger partial charge in [0, 0.05) is 12.3 Å². The lowest BCUT2D eigenvalue weighted by Gasteiger charge is -2.25. The minimum Gasteiger partial charge on any atom is -0.473 e. The van der Waals surface area contributed by atoms with Gasteiger partial charge in [0.25, 0.3) is 0 Å². The SMILES string of the molecule is CC1=NC(SCCN2CCCC2)N(c2ccc(Cl)c(Cl)c2)N1.O=C(O)C(=O)O. The van der Waals surface area contributed by atoms with Crippen LogP contribution in [0.15, 0.2) is 23.2 Å². The lowest BCUT2D eigenvalue weighted by molar-refractivity contribution is -0.159. The number of anilines is 1. The number of aliphatic carboxylic acids is 2. The van der Waals surface area contributed by atoms with Crippen molar-refractivity contribution in [3.63, 3.8) is 0 Å². The zero-order valence-electron chi connectivity index (χ0n) is 15.3. The highest BCUT2D eigenvalue weighted by molar-refractivity contribution is 8.00. The second-order valence-electron chi connectivity index (χ2n) is 6.15. The number of nitrogens with zero attached hydrogens (tertiary/aromatic N) is 3. The Morgan fingerprint density at radius 3 is 2.43 bits per heavy atom. The number of carbonyl (C=O) groups is 2. The summed E-state index contributed by atoms with van der Waals surface area (Å²) in [5.41, 5.74) is 4.31. The van der Waals surface area contributed by atoms with E-state index >= 15 is 0 Å². The van der Waals surface area contributed by atoms with Crippen LogP contribution in [0.5, 0.6) is 0 Å². The molecule has 0 aromatic heterocycles. The van der Waals surface area contributed by atoms with E-state index in [9.17, 15) is 0 Å². The molecule has 0 radical (unpaired) electrons. The predicted octanol–water partition coefficient (Wildman–Crippen LogP) is 3.00. The maximum Gasteiger partial charge on any atom is 0.414 e. The molecule has 3 rings (SSSR count). The molecule has 0 spiro atoms. The fourth-order valence-corrected chi connectivity index (χ4v) is 4.14. The number of hydrogen-bond acceptors (Lipinski definition) is 7. The van der Waals surface area contributed by atoms with E-state index in [4.69, 9.17) is 43.0 Å². The molecule has 2 aliphatic rings. The van der Waals surface area contributed by atoms with Gasteiger partial charge in [0.05, 0.1) is 15.7 Å². The molecular weight excluding hydrogens is 427 g/mol. The number of thioether (sulfide) groups is 1. The van der Waals surface area contributed by atoms with E-state index in [1.165, 1.54) is 25.9 Å². The standard InChI is InChI=1S/C15H20Cl2N4S.C2H2O4/c1-11-18-15(22-9-8-20-6-2-3-7-20)21(19-11)12-4-5-13(16)14(17)10-12;3-1(4)2(5)6/h4-5,10,15H,2-3,6-9H2,1H3,(H,18,19);(H,3,4)(H,5,6). The second kappa shape index (κ2) is 10.8. The molecule has 0 amide bonds. The summed E-state index contributed by atoms with van der Waals surface area (Å²) in [6.07, 6.45) is 2.67. The first-order valence-corrected chi connectivity index (χ1v) is 10.4. The molecule has 0 bridgehead atoms. The van der Waals surface area contributed by atoms with E-state index in [0.29, 0.717) is 10.0 Å². The van der Waals surface area contributed by atoms with Gasteiger partial charge in [-0.25, -0.2) is 14.6 Å². The number of halogens is 2. The maximum absolute atomic E-state index is 9.10. The lowest BCUT2D eigenvalue weighted by Crippen LogP contribution is -2.39. The van der Waals surface area contributed by atoms with Crippen molar-refractivity contribution in [2.75, 3.05) is 30.4 Å². The van der Waals surface area contributed by atoms with Gasteiger partial charge in [-0.1, -0.05) is 23.2 Å². The van der Waals surface area contributed by atoms with Crippen LogP contribution < -0.4 is 10.4 Å². The van der Waals surface area contributed by atoms with Gasteiger partial charge in [-0.05, 0) is 51.1 Å². The highest BCUT2D eigenvalue weighted by Gasteiger charge is 2.25. The molecule has 1 saturated heterocycles. The summed E-state index contributed by atoms with van der Waals surface area (Å²) in [6, 6.07) is 5.66. The zero-order chi connectivity index (χ0) is 20.7. The molecule has 1 aromatic carbocycles. The zero-order valence-corrected chi connectivity index (χ0v) is 17.6. The van der Waals surface area contributed by atoms with Crippen molar-refractivity contribution in [1.29, 1.82) is 0 Å². The fourth-order valence-electron chi connectivity index (χ4n) is 2.71. The Bertz CT molecular complexity index is 732. The van der Waals surface area contributed by atoms with Gasteiger partial charge in [0.1, 0.15) is 5.84 Å². The smallest absolute Gasteiger partial charge is 0.414 e. The number of amidine groups is 1. The third-order valence-electron chi connectivity index (χ3n) is 4.04. The van der Waals surface area contributed by atoms with E-state index in [1.807, 2.05) is 41.9 Å². The molecule has 1 fully saturated rings. The molecule has 11 heteroatoms. The highest BCUT2D eigenvalue weighted by Crippen LogP contribution is 2.31. The predicted molar refractivity (Wildman–Crippen MR) is 112 cm³/mol. The van der Waals surface area contributed by atoms with Gasteiger partial charge in [0.15, 0.2) is 5.50 Å². The summed E-state index contributed by atoms with van der Waals surface area (Å²) in [5, 5.41) is 18.0. The van der Waals surface area contributed by atoms with Crippen LogP contribution >= 0.6 is 35.0 Å². The van der Waals surface area contributed by atoms with Crippen molar-refractivity contribution in [3.8, 4) is 0 Å². The summed E-state index contributed by atoms with van der Waals surface area (Å²) in [4.78, 5) is 25.4. The number of aliphatic imine (C=N–C) groups is 1. The average molecular weight is 449 g/mol. The van der Waals surface area contributed by atoms with Crippen LogP contribution in [-0.4, -0.2) is 63.8 Å². The van der Waals surface area contributed by atoms with Crippen molar-refractivity contribution in [2.24, 2.45) is 4.99 Å². The van der Waals surface area contributed by atoms with Crippen LogP contribution in [0, 0.1) is 0 Å². The monoisotopic (exact) mass is 448 g/mol. The summed E-state index contributed by atoms with van der Waals surface area (Å²) in [5.74, 6) is -1.66. The number of rotatable bonds is 5. The van der Waals surface area contributed by atoms with Crippen LogP contribution in [0.4, 0.5) is 5.69 Å². The first kappa shape index (κ1) is 22.6.